The van der Waals surface area contributed by atoms with Crippen molar-refractivity contribution in [3.63, 3.8) is 0 Å². The molecule has 1 aliphatic heterocycles. The largest absolute Gasteiger partial charge is 0.335 e. The van der Waals surface area contributed by atoms with Gasteiger partial charge in [-0.2, -0.15) is 0 Å². The Morgan fingerprint density at radius 1 is 1.38 bits per heavy atom. The van der Waals surface area contributed by atoms with Crippen molar-refractivity contribution in [1.82, 2.24) is 10.2 Å². The Labute approximate surface area is 144 Å². The second-order valence-electron chi connectivity index (χ2n) is 6.07. The van der Waals surface area contributed by atoms with Gasteiger partial charge in [-0.15, -0.1) is 11.3 Å². The highest BCUT2D eigenvalue weighted by Crippen LogP contribution is 2.30. The van der Waals surface area contributed by atoms with E-state index >= 15 is 0 Å². The van der Waals surface area contributed by atoms with E-state index in [0.717, 1.165) is 49.0 Å². The fourth-order valence-electron chi connectivity index (χ4n) is 3.20. The number of benzene rings is 1. The van der Waals surface area contributed by atoms with Crippen LogP contribution in [0.5, 0.6) is 0 Å². The van der Waals surface area contributed by atoms with Crippen LogP contribution < -0.4 is 5.32 Å². The van der Waals surface area contributed by atoms with E-state index in [0.29, 0.717) is 4.88 Å². The molecule has 0 aliphatic carbocycles. The molecule has 1 aromatic heterocycles. The molecular formula is C17H21N3O3S. The Balaban J connectivity index is 1.88. The SMILES string of the molecule is CCCN(C(=O)c1cc2cc([N+](=O)[O-])ccc2s1)C1CCNCC1. The number of carbonyl (C=O) groups excluding carboxylic acids is 1. The first-order valence-corrected chi connectivity index (χ1v) is 9.11. The molecular weight excluding hydrogens is 326 g/mol. The third-order valence-corrected chi connectivity index (χ3v) is 5.50. The van der Waals surface area contributed by atoms with Crippen LogP contribution in [-0.2, 0) is 0 Å². The van der Waals surface area contributed by atoms with Gasteiger partial charge in [0.2, 0.25) is 0 Å². The van der Waals surface area contributed by atoms with Crippen molar-refractivity contribution in [2.45, 2.75) is 32.2 Å². The molecule has 1 amide bonds. The lowest BCUT2D eigenvalue weighted by molar-refractivity contribution is -0.384. The summed E-state index contributed by atoms with van der Waals surface area (Å²) in [5.41, 5.74) is 0.0584. The number of nitro benzene ring substituents is 1. The predicted molar refractivity (Wildman–Crippen MR) is 95.7 cm³/mol. The average molecular weight is 347 g/mol. The van der Waals surface area contributed by atoms with Crippen LogP contribution in [0.25, 0.3) is 10.1 Å². The molecule has 1 aliphatic rings. The number of carbonyl (C=O) groups is 1. The summed E-state index contributed by atoms with van der Waals surface area (Å²) in [5, 5.41) is 15.0. The standard InChI is InChI=1S/C17H21N3O3S/c1-2-9-19(13-5-7-18-8-6-13)17(21)16-11-12-10-14(20(22)23)3-4-15(12)24-16/h3-4,10-11,13,18H,2,5-9H2,1H3. The van der Waals surface area contributed by atoms with E-state index in [9.17, 15) is 14.9 Å². The number of nitrogens with one attached hydrogen (secondary N) is 1. The molecule has 0 bridgehead atoms. The van der Waals surface area contributed by atoms with Gasteiger partial charge >= 0.3 is 0 Å². The van der Waals surface area contributed by atoms with Crippen LogP contribution in [0.4, 0.5) is 5.69 Å². The number of non-ortho nitro benzene ring substituents is 1. The molecule has 0 unspecified atom stereocenters. The number of hydrogen-bond acceptors (Lipinski definition) is 5. The van der Waals surface area contributed by atoms with E-state index in [2.05, 4.69) is 12.2 Å². The fourth-order valence-corrected chi connectivity index (χ4v) is 4.20. The molecule has 0 spiro atoms. The van der Waals surface area contributed by atoms with Gasteiger partial charge in [-0.25, -0.2) is 0 Å². The van der Waals surface area contributed by atoms with E-state index in [1.54, 1.807) is 12.1 Å². The highest BCUT2D eigenvalue weighted by molar-refractivity contribution is 7.20. The van der Waals surface area contributed by atoms with E-state index < -0.39 is 4.92 Å². The summed E-state index contributed by atoms with van der Waals surface area (Å²) in [4.78, 5) is 26.2. The van der Waals surface area contributed by atoms with Crippen molar-refractivity contribution < 1.29 is 9.72 Å². The zero-order chi connectivity index (χ0) is 17.1. The molecule has 2 heterocycles. The summed E-state index contributed by atoms with van der Waals surface area (Å²) in [7, 11) is 0. The van der Waals surface area contributed by atoms with E-state index in [1.807, 2.05) is 4.90 Å². The van der Waals surface area contributed by atoms with E-state index in [4.69, 9.17) is 0 Å². The first kappa shape index (κ1) is 16.9. The summed E-state index contributed by atoms with van der Waals surface area (Å²) < 4.78 is 0.908. The maximum absolute atomic E-state index is 13.0. The molecule has 128 valence electrons. The zero-order valence-electron chi connectivity index (χ0n) is 13.7. The quantitative estimate of drug-likeness (QED) is 0.664. The van der Waals surface area contributed by atoms with Crippen molar-refractivity contribution in [3.8, 4) is 0 Å². The Kier molecular flexibility index (Phi) is 5.11. The topological polar surface area (TPSA) is 75.5 Å². The molecule has 7 heteroatoms. The normalized spacial score (nSPS) is 15.5. The molecule has 0 atom stereocenters. The molecule has 6 nitrogen and oxygen atoms in total. The monoisotopic (exact) mass is 347 g/mol. The van der Waals surface area contributed by atoms with Crippen LogP contribution in [0.1, 0.15) is 35.9 Å². The lowest BCUT2D eigenvalue weighted by atomic mass is 10.0. The van der Waals surface area contributed by atoms with Gasteiger partial charge in [0.1, 0.15) is 0 Å². The number of rotatable bonds is 5. The zero-order valence-corrected chi connectivity index (χ0v) is 14.5. The number of nitrogens with zero attached hydrogens (tertiary/aromatic N) is 2. The maximum atomic E-state index is 13.0. The van der Waals surface area contributed by atoms with Crippen LogP contribution in [-0.4, -0.2) is 41.4 Å². The van der Waals surface area contributed by atoms with Crippen molar-refractivity contribution >= 4 is 33.0 Å². The number of piperidine rings is 1. The number of nitro groups is 1. The number of hydrogen-bond donors (Lipinski definition) is 1. The number of fused-ring (bicyclic) bond motifs is 1. The molecule has 0 radical (unpaired) electrons. The van der Waals surface area contributed by atoms with Crippen LogP contribution >= 0.6 is 11.3 Å². The maximum Gasteiger partial charge on any atom is 0.270 e. The lowest BCUT2D eigenvalue weighted by Gasteiger charge is -2.34. The Morgan fingerprint density at radius 2 is 2.12 bits per heavy atom. The molecule has 1 saturated heterocycles. The Bertz CT molecular complexity index is 753. The minimum Gasteiger partial charge on any atom is -0.335 e. The molecule has 2 aromatic rings. The third-order valence-electron chi connectivity index (χ3n) is 4.40. The fraction of sp³-hybridized carbons (Fsp3) is 0.471. The van der Waals surface area contributed by atoms with E-state index in [-0.39, 0.29) is 17.6 Å². The molecule has 1 N–H and O–H groups in total. The summed E-state index contributed by atoms with van der Waals surface area (Å²) in [6.07, 6.45) is 2.87. The van der Waals surface area contributed by atoms with Crippen molar-refractivity contribution in [1.29, 1.82) is 0 Å². The van der Waals surface area contributed by atoms with Gasteiger partial charge in [0.25, 0.3) is 11.6 Å². The minimum absolute atomic E-state index is 0.0487. The number of amides is 1. The van der Waals surface area contributed by atoms with Gasteiger partial charge in [0.05, 0.1) is 9.80 Å². The summed E-state index contributed by atoms with van der Waals surface area (Å²) in [6, 6.07) is 6.82. The van der Waals surface area contributed by atoms with Gasteiger partial charge in [-0.1, -0.05) is 6.92 Å². The Hall–Kier alpha value is -1.99. The van der Waals surface area contributed by atoms with Crippen molar-refractivity contribution in [2.75, 3.05) is 19.6 Å². The minimum atomic E-state index is -0.406. The highest BCUT2D eigenvalue weighted by atomic mass is 32.1. The summed E-state index contributed by atoms with van der Waals surface area (Å²) in [5.74, 6) is 0.0487. The second kappa shape index (κ2) is 7.27. The first-order valence-electron chi connectivity index (χ1n) is 8.30. The van der Waals surface area contributed by atoms with Crippen LogP contribution in [0.3, 0.4) is 0 Å². The summed E-state index contributed by atoms with van der Waals surface area (Å²) in [6.45, 7) is 4.71. The lowest BCUT2D eigenvalue weighted by Crippen LogP contribution is -2.46. The Morgan fingerprint density at radius 3 is 2.79 bits per heavy atom. The highest BCUT2D eigenvalue weighted by Gasteiger charge is 2.26. The van der Waals surface area contributed by atoms with Crippen LogP contribution in [0.2, 0.25) is 0 Å². The molecule has 24 heavy (non-hydrogen) atoms. The van der Waals surface area contributed by atoms with Crippen LogP contribution in [0, 0.1) is 10.1 Å². The van der Waals surface area contributed by atoms with Crippen molar-refractivity contribution in [2.24, 2.45) is 0 Å². The first-order chi connectivity index (χ1) is 11.6. The van der Waals surface area contributed by atoms with Gasteiger partial charge < -0.3 is 10.2 Å². The van der Waals surface area contributed by atoms with Gasteiger partial charge in [-0.3, -0.25) is 14.9 Å². The summed E-state index contributed by atoms with van der Waals surface area (Å²) >= 11 is 1.41. The molecule has 1 fully saturated rings. The van der Waals surface area contributed by atoms with Crippen LogP contribution in [0.15, 0.2) is 24.3 Å². The molecule has 1 aromatic carbocycles. The average Bonchev–Trinajstić information content (AvgIpc) is 3.03. The predicted octanol–water partition coefficient (Wildman–Crippen LogP) is 3.41. The smallest absolute Gasteiger partial charge is 0.270 e. The molecule has 3 rings (SSSR count). The third kappa shape index (κ3) is 3.42. The van der Waals surface area contributed by atoms with Gasteiger partial charge in [-0.05, 0) is 44.5 Å². The van der Waals surface area contributed by atoms with Crippen molar-refractivity contribution in [3.05, 3.63) is 39.3 Å². The molecule has 0 saturated carbocycles. The number of thiophene rings is 1. The van der Waals surface area contributed by atoms with Gasteiger partial charge in [0, 0.05) is 34.8 Å². The second-order valence-corrected chi connectivity index (χ2v) is 7.15. The van der Waals surface area contributed by atoms with Gasteiger partial charge in [0.15, 0.2) is 0 Å². The van der Waals surface area contributed by atoms with E-state index in [1.165, 1.54) is 23.5 Å².